The van der Waals surface area contributed by atoms with Gasteiger partial charge in [0, 0.05) is 48.4 Å². The fourth-order valence-corrected chi connectivity index (χ4v) is 5.11. The van der Waals surface area contributed by atoms with Crippen LogP contribution in [0.2, 0.25) is 0 Å². The molecule has 3 N–H and O–H groups in total. The molecule has 0 radical (unpaired) electrons. The number of fused-ring (bicyclic) bond motifs is 1. The smallest absolute Gasteiger partial charge is 0.325 e. The number of benzene rings is 1. The van der Waals surface area contributed by atoms with Crippen molar-refractivity contribution in [2.45, 2.75) is 24.3 Å². The highest BCUT2D eigenvalue weighted by atomic mass is 32.2. The second kappa shape index (κ2) is 10.1. The van der Waals surface area contributed by atoms with Crippen LogP contribution in [0.5, 0.6) is 0 Å². The van der Waals surface area contributed by atoms with E-state index in [9.17, 15) is 4.79 Å². The van der Waals surface area contributed by atoms with Gasteiger partial charge in [-0.25, -0.2) is 19.7 Å². The number of aromatic nitrogens is 3. The molecule has 3 heterocycles. The van der Waals surface area contributed by atoms with E-state index in [4.69, 9.17) is 0 Å². The first-order valence-corrected chi connectivity index (χ1v) is 11.8. The lowest BCUT2D eigenvalue weighted by atomic mass is 10.2. The van der Waals surface area contributed by atoms with Gasteiger partial charge in [-0.05, 0) is 31.8 Å². The zero-order valence-corrected chi connectivity index (χ0v) is 19.1. The minimum absolute atomic E-state index is 0.298. The minimum Gasteiger partial charge on any atom is -0.369 e. The summed E-state index contributed by atoms with van der Waals surface area (Å²) in [6.07, 6.45) is 5.23. The fourth-order valence-electron chi connectivity index (χ4n) is 3.22. The number of nitrogens with zero attached hydrogens (tertiary/aromatic N) is 4. The first-order valence-electron chi connectivity index (χ1n) is 10.0. The van der Waals surface area contributed by atoms with Gasteiger partial charge in [-0.3, -0.25) is 5.32 Å². The van der Waals surface area contributed by atoms with Crippen molar-refractivity contribution in [3.63, 3.8) is 0 Å². The molecule has 0 fully saturated rings. The molecule has 3 aromatic rings. The highest BCUT2D eigenvalue weighted by Gasteiger charge is 2.17. The van der Waals surface area contributed by atoms with Gasteiger partial charge in [0.25, 0.3) is 0 Å². The molecule has 1 aliphatic heterocycles. The Balaban J connectivity index is 1.24. The number of carbonyl (C=O) groups excluding carboxylic acids is 1. The molecule has 0 saturated carbocycles. The maximum atomic E-state index is 12.3. The minimum atomic E-state index is -0.298. The molecule has 0 saturated heterocycles. The number of rotatable bonds is 8. The second-order valence-electron chi connectivity index (χ2n) is 7.42. The van der Waals surface area contributed by atoms with E-state index < -0.39 is 0 Å². The summed E-state index contributed by atoms with van der Waals surface area (Å²) in [7, 11) is 4.05. The highest BCUT2D eigenvalue weighted by Crippen LogP contribution is 2.34. The third kappa shape index (κ3) is 5.93. The predicted molar refractivity (Wildman–Crippen MR) is 127 cm³/mol. The van der Waals surface area contributed by atoms with E-state index in [-0.39, 0.29) is 6.03 Å². The first kappa shape index (κ1) is 21.5. The van der Waals surface area contributed by atoms with Crippen molar-refractivity contribution in [1.82, 2.24) is 19.9 Å². The largest absolute Gasteiger partial charge is 0.369 e. The van der Waals surface area contributed by atoms with Gasteiger partial charge in [0.1, 0.15) is 12.1 Å². The van der Waals surface area contributed by atoms with Crippen LogP contribution in [0, 0.1) is 0 Å². The van der Waals surface area contributed by atoms with E-state index in [1.54, 1.807) is 24.3 Å². The summed E-state index contributed by atoms with van der Waals surface area (Å²) in [5, 5.41) is 9.62. The monoisotopic (exact) mass is 455 g/mol. The van der Waals surface area contributed by atoms with Crippen LogP contribution in [0.4, 0.5) is 21.4 Å². The Morgan fingerprint density at radius 2 is 1.97 bits per heavy atom. The molecule has 2 amide bonds. The van der Waals surface area contributed by atoms with E-state index in [0.717, 1.165) is 53.8 Å². The summed E-state index contributed by atoms with van der Waals surface area (Å²) >= 11 is 3.28. The molecule has 10 heteroatoms. The van der Waals surface area contributed by atoms with Gasteiger partial charge in [0.05, 0.1) is 10.6 Å². The molecule has 0 bridgehead atoms. The van der Waals surface area contributed by atoms with Crippen LogP contribution in [0.15, 0.2) is 41.7 Å². The fraction of sp³-hybridized carbons (Fsp3) is 0.333. The Morgan fingerprint density at radius 1 is 1.13 bits per heavy atom. The van der Waals surface area contributed by atoms with Gasteiger partial charge >= 0.3 is 6.03 Å². The molecule has 31 heavy (non-hydrogen) atoms. The molecule has 4 rings (SSSR count). The molecule has 162 valence electrons. The summed E-state index contributed by atoms with van der Waals surface area (Å²) < 4.78 is 0. The lowest BCUT2D eigenvalue weighted by Gasteiger charge is -2.10. The number of urea groups is 1. The zero-order valence-electron chi connectivity index (χ0n) is 17.5. The van der Waals surface area contributed by atoms with E-state index in [1.807, 2.05) is 38.4 Å². The summed E-state index contributed by atoms with van der Waals surface area (Å²) in [5.41, 5.74) is 3.07. The number of nitrogens with one attached hydrogen (secondary N) is 3. The van der Waals surface area contributed by atoms with Crippen LogP contribution in [0.3, 0.4) is 0 Å². The quantitative estimate of drug-likeness (QED) is 0.473. The SMILES string of the molecule is CN(C)Cc1ccc(NC(=O)Nc2ncc(CCNc3ncnc4c3SCC4)s2)cc1. The lowest BCUT2D eigenvalue weighted by molar-refractivity contribution is 0.262. The summed E-state index contributed by atoms with van der Waals surface area (Å²) in [6, 6.07) is 7.53. The van der Waals surface area contributed by atoms with Crippen LogP contribution in [-0.2, 0) is 19.4 Å². The Bertz CT molecular complexity index is 1040. The van der Waals surface area contributed by atoms with E-state index >= 15 is 0 Å². The highest BCUT2D eigenvalue weighted by molar-refractivity contribution is 7.99. The predicted octanol–water partition coefficient (Wildman–Crippen LogP) is 3.94. The third-order valence-corrected chi connectivity index (χ3v) is 6.71. The topological polar surface area (TPSA) is 95.1 Å². The summed E-state index contributed by atoms with van der Waals surface area (Å²) in [6.45, 7) is 1.61. The van der Waals surface area contributed by atoms with Gasteiger partial charge in [0.15, 0.2) is 5.13 Å². The van der Waals surface area contributed by atoms with Gasteiger partial charge in [-0.1, -0.05) is 12.1 Å². The third-order valence-electron chi connectivity index (χ3n) is 4.61. The number of thiazole rings is 1. The van der Waals surface area contributed by atoms with Crippen molar-refractivity contribution < 1.29 is 4.79 Å². The number of carbonyl (C=O) groups is 1. The maximum absolute atomic E-state index is 12.3. The molecule has 2 aromatic heterocycles. The number of anilines is 3. The van der Waals surface area contributed by atoms with E-state index in [0.29, 0.717) is 5.13 Å². The van der Waals surface area contributed by atoms with Crippen molar-refractivity contribution in [2.24, 2.45) is 0 Å². The van der Waals surface area contributed by atoms with Crippen molar-refractivity contribution >= 4 is 45.8 Å². The van der Waals surface area contributed by atoms with Crippen LogP contribution < -0.4 is 16.0 Å². The molecular weight excluding hydrogens is 430 g/mol. The van der Waals surface area contributed by atoms with Crippen molar-refractivity contribution in [3.8, 4) is 0 Å². The zero-order chi connectivity index (χ0) is 21.6. The first-order chi connectivity index (χ1) is 15.1. The number of aryl methyl sites for hydroxylation is 1. The van der Waals surface area contributed by atoms with Crippen molar-refractivity contribution in [1.29, 1.82) is 0 Å². The number of hydrogen-bond donors (Lipinski definition) is 3. The Labute approximate surface area is 189 Å². The van der Waals surface area contributed by atoms with Gasteiger partial charge in [0.2, 0.25) is 0 Å². The van der Waals surface area contributed by atoms with Crippen molar-refractivity contribution in [3.05, 3.63) is 52.9 Å². The molecule has 0 spiro atoms. The van der Waals surface area contributed by atoms with E-state index in [1.165, 1.54) is 21.8 Å². The molecule has 0 atom stereocenters. The molecule has 1 aliphatic rings. The molecule has 0 unspecified atom stereocenters. The lowest BCUT2D eigenvalue weighted by Crippen LogP contribution is -2.19. The molecular formula is C21H25N7OS2. The Kier molecular flexibility index (Phi) is 7.00. The van der Waals surface area contributed by atoms with Gasteiger partial charge < -0.3 is 15.5 Å². The average Bonchev–Trinajstić information content (AvgIpc) is 3.39. The molecule has 0 aliphatic carbocycles. The number of hydrogen-bond acceptors (Lipinski definition) is 8. The van der Waals surface area contributed by atoms with Crippen LogP contribution in [-0.4, -0.2) is 52.3 Å². The summed E-state index contributed by atoms with van der Waals surface area (Å²) in [5.74, 6) is 1.97. The summed E-state index contributed by atoms with van der Waals surface area (Å²) in [4.78, 5) is 29.6. The second-order valence-corrected chi connectivity index (χ2v) is 9.64. The number of thioether (sulfide) groups is 1. The Hall–Kier alpha value is -2.69. The van der Waals surface area contributed by atoms with Gasteiger partial charge in [-0.15, -0.1) is 23.1 Å². The molecule has 8 nitrogen and oxygen atoms in total. The van der Waals surface area contributed by atoms with Crippen LogP contribution >= 0.6 is 23.1 Å². The van der Waals surface area contributed by atoms with Gasteiger partial charge in [-0.2, -0.15) is 0 Å². The number of amides is 2. The normalized spacial score (nSPS) is 12.6. The standard InChI is InChI=1S/C21H25N7OS2/c1-28(2)12-14-3-5-15(6-4-14)26-20(29)27-21-23-11-16(31-21)7-9-22-19-18-17(8-10-30-18)24-13-25-19/h3-6,11,13H,7-10,12H2,1-2H3,(H,22,24,25)(H2,23,26,27,29). The molecule has 1 aromatic carbocycles. The van der Waals surface area contributed by atoms with Crippen molar-refractivity contribution in [2.75, 3.05) is 42.3 Å². The average molecular weight is 456 g/mol. The van der Waals surface area contributed by atoms with Crippen LogP contribution in [0.25, 0.3) is 0 Å². The van der Waals surface area contributed by atoms with E-state index in [2.05, 4.69) is 35.8 Å². The maximum Gasteiger partial charge on any atom is 0.325 e. The van der Waals surface area contributed by atoms with Crippen LogP contribution in [0.1, 0.15) is 16.1 Å². The Morgan fingerprint density at radius 3 is 2.77 bits per heavy atom.